The van der Waals surface area contributed by atoms with Gasteiger partial charge in [0.1, 0.15) is 17.9 Å². The van der Waals surface area contributed by atoms with E-state index in [9.17, 15) is 28.7 Å². The second kappa shape index (κ2) is 9.94. The minimum Gasteiger partial charge on any atom is -0.480 e. The van der Waals surface area contributed by atoms with Gasteiger partial charge in [0.05, 0.1) is 13.1 Å². The topological polar surface area (TPSA) is 122 Å². The summed E-state index contributed by atoms with van der Waals surface area (Å²) in [5, 5.41) is 15.4. The molecule has 3 N–H and O–H groups in total. The molecule has 1 aromatic carbocycles. The Labute approximate surface area is 210 Å². The van der Waals surface area contributed by atoms with Crippen LogP contribution in [0.3, 0.4) is 0 Å². The molecule has 1 fully saturated rings. The highest BCUT2D eigenvalue weighted by atomic mass is 19.1. The van der Waals surface area contributed by atoms with Crippen molar-refractivity contribution >= 4 is 23.9 Å². The number of piperazine rings is 1. The third-order valence-electron chi connectivity index (χ3n) is 6.30. The molecule has 5 amide bonds. The van der Waals surface area contributed by atoms with Crippen LogP contribution in [0.4, 0.5) is 14.0 Å². The van der Waals surface area contributed by atoms with Crippen molar-refractivity contribution in [3.63, 3.8) is 0 Å². The first-order valence-electron chi connectivity index (χ1n) is 12.0. The van der Waals surface area contributed by atoms with Crippen molar-refractivity contribution in [1.82, 2.24) is 25.3 Å². The maximum atomic E-state index is 14.1. The van der Waals surface area contributed by atoms with Crippen LogP contribution in [-0.2, 0) is 22.7 Å². The summed E-state index contributed by atoms with van der Waals surface area (Å²) >= 11 is 0. The number of carbonyl (C=O) groups is 4. The molecule has 2 aliphatic heterocycles. The smallest absolute Gasteiger partial charge is 0.328 e. The molecule has 0 radical (unpaired) electrons. The minimum atomic E-state index is -1.27. The summed E-state index contributed by atoms with van der Waals surface area (Å²) in [4.78, 5) is 55.4. The standard InChI is InChI=1S/C25H36FN5O5/c1-24(2,3)19(27-22(35)28-25(4,5)6)20(32)29-10-11-31(18(14-29)21(33)34)23(36)30-12-15-8-7-9-17(26)16(15)13-30/h7-9,18-19H,10-14H2,1-6H3,(H,33,34)(H2,27,28,35)/t18?,19-/m1/s1. The molecule has 1 aromatic rings. The monoisotopic (exact) mass is 505 g/mol. The lowest BCUT2D eigenvalue weighted by Gasteiger charge is -2.43. The Bertz CT molecular complexity index is 1050. The van der Waals surface area contributed by atoms with Crippen molar-refractivity contribution in [3.8, 4) is 0 Å². The third kappa shape index (κ3) is 6.06. The average Bonchev–Trinajstić information content (AvgIpc) is 3.20. The summed E-state index contributed by atoms with van der Waals surface area (Å²) in [5.74, 6) is -2.06. The number of halogens is 1. The summed E-state index contributed by atoms with van der Waals surface area (Å²) in [7, 11) is 0. The van der Waals surface area contributed by atoms with Crippen LogP contribution in [0.5, 0.6) is 0 Å². The largest absolute Gasteiger partial charge is 0.480 e. The second-order valence-corrected chi connectivity index (χ2v) is 11.5. The van der Waals surface area contributed by atoms with E-state index in [1.807, 2.05) is 41.5 Å². The van der Waals surface area contributed by atoms with Crippen molar-refractivity contribution in [1.29, 1.82) is 0 Å². The van der Waals surface area contributed by atoms with E-state index in [0.717, 1.165) is 0 Å². The van der Waals surface area contributed by atoms with Crippen molar-refractivity contribution < 1.29 is 28.7 Å². The van der Waals surface area contributed by atoms with Crippen LogP contribution in [0.1, 0.15) is 52.7 Å². The van der Waals surface area contributed by atoms with E-state index in [1.54, 1.807) is 12.1 Å². The van der Waals surface area contributed by atoms with Gasteiger partial charge in [0, 0.05) is 30.7 Å². The third-order valence-corrected chi connectivity index (χ3v) is 6.30. The number of fused-ring (bicyclic) bond motifs is 1. The number of rotatable bonds is 3. The summed E-state index contributed by atoms with van der Waals surface area (Å²) in [5.41, 5.74) is -0.0341. The van der Waals surface area contributed by atoms with Gasteiger partial charge >= 0.3 is 18.0 Å². The highest BCUT2D eigenvalue weighted by Crippen LogP contribution is 2.28. The normalized spacial score (nSPS) is 19.0. The van der Waals surface area contributed by atoms with Crippen molar-refractivity contribution in [3.05, 3.63) is 35.1 Å². The van der Waals surface area contributed by atoms with E-state index < -0.39 is 52.8 Å². The van der Waals surface area contributed by atoms with Gasteiger partial charge in [-0.05, 0) is 37.8 Å². The molecule has 0 saturated carbocycles. The van der Waals surface area contributed by atoms with Gasteiger partial charge in [0.15, 0.2) is 0 Å². The number of carboxylic acid groups (broad SMARTS) is 1. The van der Waals surface area contributed by atoms with Gasteiger partial charge in [-0.3, -0.25) is 4.79 Å². The van der Waals surface area contributed by atoms with Crippen LogP contribution in [0.2, 0.25) is 0 Å². The first-order valence-corrected chi connectivity index (χ1v) is 12.0. The van der Waals surface area contributed by atoms with Crippen molar-refractivity contribution in [2.45, 2.75) is 72.3 Å². The van der Waals surface area contributed by atoms with E-state index in [4.69, 9.17) is 0 Å². The number of nitrogens with one attached hydrogen (secondary N) is 2. The SMILES string of the molecule is CC(C)(C)NC(=O)N[C@H](C(=O)N1CCN(C(=O)N2Cc3cccc(F)c3C2)C(C(=O)O)C1)C(C)(C)C. The second-order valence-electron chi connectivity index (χ2n) is 11.5. The number of amides is 5. The molecule has 0 aliphatic carbocycles. The molecule has 36 heavy (non-hydrogen) atoms. The lowest BCUT2D eigenvalue weighted by atomic mass is 9.85. The molecule has 2 aliphatic rings. The van der Waals surface area contributed by atoms with E-state index >= 15 is 0 Å². The summed E-state index contributed by atoms with van der Waals surface area (Å²) in [6, 6.07) is 1.46. The van der Waals surface area contributed by atoms with Crippen LogP contribution < -0.4 is 10.6 Å². The van der Waals surface area contributed by atoms with Crippen molar-refractivity contribution in [2.75, 3.05) is 19.6 Å². The first-order chi connectivity index (χ1) is 16.6. The molecular formula is C25H36FN5O5. The maximum absolute atomic E-state index is 14.1. The zero-order valence-electron chi connectivity index (χ0n) is 21.7. The highest BCUT2D eigenvalue weighted by Gasteiger charge is 2.43. The fourth-order valence-electron chi connectivity index (χ4n) is 4.46. The molecule has 2 atom stereocenters. The Morgan fingerprint density at radius 2 is 1.69 bits per heavy atom. The van der Waals surface area contributed by atoms with E-state index in [0.29, 0.717) is 11.1 Å². The zero-order valence-corrected chi connectivity index (χ0v) is 21.7. The molecular weight excluding hydrogens is 469 g/mol. The molecule has 11 heteroatoms. The van der Waals surface area contributed by atoms with E-state index in [-0.39, 0.29) is 32.7 Å². The van der Waals surface area contributed by atoms with Gasteiger partial charge in [-0.1, -0.05) is 32.9 Å². The Morgan fingerprint density at radius 3 is 2.25 bits per heavy atom. The van der Waals surface area contributed by atoms with Gasteiger partial charge in [0.25, 0.3) is 0 Å². The number of carbonyl (C=O) groups excluding carboxylic acids is 3. The lowest BCUT2D eigenvalue weighted by molar-refractivity contribution is -0.148. The maximum Gasteiger partial charge on any atom is 0.328 e. The molecule has 1 unspecified atom stereocenters. The van der Waals surface area contributed by atoms with E-state index in [2.05, 4.69) is 10.6 Å². The number of urea groups is 2. The quantitative estimate of drug-likeness (QED) is 0.582. The fraction of sp³-hybridized carbons (Fsp3) is 0.600. The summed E-state index contributed by atoms with van der Waals surface area (Å²) in [6.45, 7) is 11.0. The van der Waals surface area contributed by atoms with Gasteiger partial charge in [0.2, 0.25) is 5.91 Å². The van der Waals surface area contributed by atoms with Crippen LogP contribution in [0.15, 0.2) is 18.2 Å². The molecule has 10 nitrogen and oxygen atoms in total. The Morgan fingerprint density at radius 1 is 1.03 bits per heavy atom. The number of hydrogen-bond donors (Lipinski definition) is 3. The molecule has 2 heterocycles. The number of benzene rings is 1. The zero-order chi connectivity index (χ0) is 27.0. The molecule has 3 rings (SSSR count). The molecule has 0 bridgehead atoms. The molecule has 198 valence electrons. The predicted octanol–water partition coefficient (Wildman–Crippen LogP) is 2.37. The van der Waals surface area contributed by atoms with Crippen LogP contribution in [-0.4, -0.2) is 81.0 Å². The summed E-state index contributed by atoms with van der Waals surface area (Å²) in [6.07, 6.45) is 0. The lowest BCUT2D eigenvalue weighted by Crippen LogP contribution is -2.65. The number of nitrogens with zero attached hydrogens (tertiary/aromatic N) is 3. The van der Waals surface area contributed by atoms with Gasteiger partial charge < -0.3 is 30.4 Å². The summed E-state index contributed by atoms with van der Waals surface area (Å²) < 4.78 is 14.1. The average molecular weight is 506 g/mol. The Balaban J connectivity index is 1.73. The molecule has 0 spiro atoms. The Hall–Kier alpha value is -3.37. The van der Waals surface area contributed by atoms with Gasteiger partial charge in [-0.25, -0.2) is 18.8 Å². The molecule has 0 aromatic heterocycles. The van der Waals surface area contributed by atoms with Crippen LogP contribution in [0.25, 0.3) is 0 Å². The first kappa shape index (κ1) is 27.2. The predicted molar refractivity (Wildman–Crippen MR) is 130 cm³/mol. The molecule has 1 saturated heterocycles. The number of carboxylic acids is 1. The van der Waals surface area contributed by atoms with Crippen molar-refractivity contribution in [2.24, 2.45) is 5.41 Å². The van der Waals surface area contributed by atoms with Gasteiger partial charge in [-0.2, -0.15) is 0 Å². The van der Waals surface area contributed by atoms with E-state index in [1.165, 1.54) is 20.8 Å². The van der Waals surface area contributed by atoms with Crippen LogP contribution >= 0.6 is 0 Å². The van der Waals surface area contributed by atoms with Crippen LogP contribution in [0, 0.1) is 11.2 Å². The number of aliphatic carboxylic acids is 1. The Kier molecular flexibility index (Phi) is 7.52. The number of hydrogen-bond acceptors (Lipinski definition) is 4. The highest BCUT2D eigenvalue weighted by molar-refractivity contribution is 5.89. The fourth-order valence-corrected chi connectivity index (χ4v) is 4.46. The minimum absolute atomic E-state index is 0.00190. The van der Waals surface area contributed by atoms with Gasteiger partial charge in [-0.15, -0.1) is 0 Å².